The van der Waals surface area contributed by atoms with Crippen molar-refractivity contribution in [3.05, 3.63) is 35.6 Å². The molecule has 1 saturated carbocycles. The first-order chi connectivity index (χ1) is 9.74. The van der Waals surface area contributed by atoms with Gasteiger partial charge >= 0.3 is 0 Å². The first-order valence-corrected chi connectivity index (χ1v) is 7.54. The van der Waals surface area contributed by atoms with Crippen molar-refractivity contribution in [1.29, 1.82) is 0 Å². The second kappa shape index (κ2) is 5.92. The number of benzene rings is 1. The second-order valence-electron chi connectivity index (χ2n) is 5.84. The van der Waals surface area contributed by atoms with Crippen LogP contribution in [0.15, 0.2) is 24.3 Å². The Hall–Kier alpha value is -1.42. The lowest BCUT2D eigenvalue weighted by Crippen LogP contribution is -2.46. The van der Waals surface area contributed by atoms with Crippen LogP contribution in [0.4, 0.5) is 4.39 Å². The van der Waals surface area contributed by atoms with E-state index in [1.807, 2.05) is 4.90 Å². The summed E-state index contributed by atoms with van der Waals surface area (Å²) in [6.07, 6.45) is 5.80. The molecule has 2 aliphatic rings. The maximum absolute atomic E-state index is 13.0. The first-order valence-electron chi connectivity index (χ1n) is 7.54. The van der Waals surface area contributed by atoms with Crippen LogP contribution in [0.25, 0.3) is 0 Å². The summed E-state index contributed by atoms with van der Waals surface area (Å²) < 4.78 is 13.0. The maximum Gasteiger partial charge on any atom is 0.254 e. The van der Waals surface area contributed by atoms with Gasteiger partial charge in [-0.25, -0.2) is 4.39 Å². The molecule has 1 amide bonds. The zero-order valence-corrected chi connectivity index (χ0v) is 11.6. The van der Waals surface area contributed by atoms with Crippen molar-refractivity contribution in [3.63, 3.8) is 0 Å². The van der Waals surface area contributed by atoms with E-state index >= 15 is 0 Å². The maximum atomic E-state index is 13.0. The van der Waals surface area contributed by atoms with E-state index in [1.54, 1.807) is 12.1 Å². The first kappa shape index (κ1) is 13.6. The van der Waals surface area contributed by atoms with Gasteiger partial charge in [0.05, 0.1) is 0 Å². The number of nitrogens with one attached hydrogen (secondary N) is 1. The molecule has 1 aromatic rings. The van der Waals surface area contributed by atoms with E-state index in [-0.39, 0.29) is 11.7 Å². The number of hydrogen-bond acceptors (Lipinski definition) is 2. The fraction of sp³-hybridized carbons (Fsp3) is 0.562. The number of carbonyl (C=O) groups is 1. The van der Waals surface area contributed by atoms with Gasteiger partial charge < -0.3 is 10.2 Å². The average molecular weight is 276 g/mol. The lowest BCUT2D eigenvalue weighted by molar-refractivity contribution is 0.0718. The second-order valence-corrected chi connectivity index (χ2v) is 5.84. The van der Waals surface area contributed by atoms with E-state index in [1.165, 1.54) is 25.0 Å². The summed E-state index contributed by atoms with van der Waals surface area (Å²) in [4.78, 5) is 14.6. The molecule has 0 bridgehead atoms. The monoisotopic (exact) mass is 276 g/mol. The fourth-order valence-electron chi connectivity index (χ4n) is 2.86. The van der Waals surface area contributed by atoms with Crippen LogP contribution in [0.3, 0.4) is 0 Å². The number of halogens is 1. The van der Waals surface area contributed by atoms with Crippen LogP contribution in [0.1, 0.15) is 42.5 Å². The van der Waals surface area contributed by atoms with Crippen LogP contribution in [0.2, 0.25) is 0 Å². The van der Waals surface area contributed by atoms with Crippen molar-refractivity contribution >= 4 is 5.91 Å². The summed E-state index contributed by atoms with van der Waals surface area (Å²) in [6, 6.07) is 6.68. The van der Waals surface area contributed by atoms with Crippen LogP contribution in [0.5, 0.6) is 0 Å². The lowest BCUT2D eigenvalue weighted by atomic mass is 10.0. The van der Waals surface area contributed by atoms with E-state index in [2.05, 4.69) is 5.32 Å². The minimum Gasteiger partial charge on any atom is -0.334 e. The molecule has 0 aromatic heterocycles. The smallest absolute Gasteiger partial charge is 0.254 e. The Morgan fingerprint density at radius 3 is 2.55 bits per heavy atom. The van der Waals surface area contributed by atoms with Gasteiger partial charge in [-0.05, 0) is 56.5 Å². The van der Waals surface area contributed by atoms with Crippen molar-refractivity contribution in [2.45, 2.75) is 44.2 Å². The predicted octanol–water partition coefficient (Wildman–Crippen LogP) is 2.57. The fourth-order valence-corrected chi connectivity index (χ4v) is 2.86. The summed E-state index contributed by atoms with van der Waals surface area (Å²) in [5.74, 6) is -0.256. The summed E-state index contributed by atoms with van der Waals surface area (Å²) in [7, 11) is 0. The molecule has 4 heteroatoms. The zero-order chi connectivity index (χ0) is 13.9. The van der Waals surface area contributed by atoms with Crippen LogP contribution in [0, 0.1) is 5.82 Å². The van der Waals surface area contributed by atoms with Gasteiger partial charge in [0.2, 0.25) is 0 Å². The third-order valence-electron chi connectivity index (χ3n) is 4.17. The molecule has 108 valence electrons. The molecule has 20 heavy (non-hydrogen) atoms. The number of carbonyl (C=O) groups excluding carboxylic acids is 1. The van der Waals surface area contributed by atoms with E-state index in [4.69, 9.17) is 0 Å². The molecule has 3 nitrogen and oxygen atoms in total. The molecule has 1 unspecified atom stereocenters. The third kappa shape index (κ3) is 3.18. The molecule has 1 heterocycles. The molecule has 0 radical (unpaired) electrons. The number of amides is 1. The summed E-state index contributed by atoms with van der Waals surface area (Å²) in [5.41, 5.74) is 0.592. The summed E-state index contributed by atoms with van der Waals surface area (Å²) in [6.45, 7) is 1.83. The summed E-state index contributed by atoms with van der Waals surface area (Å²) >= 11 is 0. The van der Waals surface area contributed by atoms with Gasteiger partial charge in [-0.3, -0.25) is 4.79 Å². The largest absolute Gasteiger partial charge is 0.334 e. The Labute approximate surface area is 119 Å². The van der Waals surface area contributed by atoms with E-state index < -0.39 is 0 Å². The van der Waals surface area contributed by atoms with Crippen LogP contribution in [-0.2, 0) is 0 Å². The van der Waals surface area contributed by atoms with Crippen molar-refractivity contribution < 1.29 is 9.18 Å². The minimum atomic E-state index is -0.298. The Morgan fingerprint density at radius 2 is 1.95 bits per heavy atom. The van der Waals surface area contributed by atoms with Crippen molar-refractivity contribution in [2.24, 2.45) is 0 Å². The van der Waals surface area contributed by atoms with Crippen molar-refractivity contribution in [2.75, 3.05) is 13.1 Å². The highest BCUT2D eigenvalue weighted by atomic mass is 19.1. The topological polar surface area (TPSA) is 32.3 Å². The van der Waals surface area contributed by atoms with Crippen LogP contribution < -0.4 is 5.32 Å². The Morgan fingerprint density at radius 1 is 1.20 bits per heavy atom. The molecule has 1 aliphatic carbocycles. The van der Waals surface area contributed by atoms with Gasteiger partial charge in [0.15, 0.2) is 0 Å². The van der Waals surface area contributed by atoms with E-state index in [0.29, 0.717) is 17.6 Å². The molecular weight excluding hydrogens is 255 g/mol. The van der Waals surface area contributed by atoms with Gasteiger partial charge in [0.25, 0.3) is 5.91 Å². The molecule has 0 spiro atoms. The summed E-state index contributed by atoms with van der Waals surface area (Å²) in [5, 5.41) is 3.49. The van der Waals surface area contributed by atoms with E-state index in [9.17, 15) is 9.18 Å². The standard InChI is InChI=1S/C16H21FN2O/c17-13-6-4-12(5-7-13)16(20)19(15-8-9-15)11-14-3-1-2-10-18-14/h4-7,14-15,18H,1-3,8-11H2. The molecule has 1 N–H and O–H groups in total. The quantitative estimate of drug-likeness (QED) is 0.916. The highest BCUT2D eigenvalue weighted by molar-refractivity contribution is 5.94. The Balaban J connectivity index is 1.69. The van der Waals surface area contributed by atoms with Gasteiger partial charge in [0, 0.05) is 24.2 Å². The Kier molecular flexibility index (Phi) is 4.01. The predicted molar refractivity (Wildman–Crippen MR) is 76.1 cm³/mol. The van der Waals surface area contributed by atoms with E-state index in [0.717, 1.165) is 32.4 Å². The average Bonchev–Trinajstić information content (AvgIpc) is 3.30. The van der Waals surface area contributed by atoms with Crippen molar-refractivity contribution in [3.8, 4) is 0 Å². The van der Waals surface area contributed by atoms with Crippen LogP contribution >= 0.6 is 0 Å². The highest BCUT2D eigenvalue weighted by Gasteiger charge is 2.34. The normalized spacial score (nSPS) is 22.6. The van der Waals surface area contributed by atoms with Crippen molar-refractivity contribution in [1.82, 2.24) is 10.2 Å². The Bertz CT molecular complexity index is 464. The number of hydrogen-bond donors (Lipinski definition) is 1. The molecular formula is C16H21FN2O. The van der Waals surface area contributed by atoms with Gasteiger partial charge in [-0.1, -0.05) is 6.42 Å². The molecule has 1 aliphatic heterocycles. The zero-order valence-electron chi connectivity index (χ0n) is 11.6. The SMILES string of the molecule is O=C(c1ccc(F)cc1)N(CC1CCCCN1)C1CC1. The third-order valence-corrected chi connectivity index (χ3v) is 4.17. The highest BCUT2D eigenvalue weighted by Crippen LogP contribution is 2.29. The van der Waals surface area contributed by atoms with Gasteiger partial charge in [-0.2, -0.15) is 0 Å². The van der Waals surface area contributed by atoms with Gasteiger partial charge in [0.1, 0.15) is 5.82 Å². The van der Waals surface area contributed by atoms with Crippen LogP contribution in [-0.4, -0.2) is 36.0 Å². The minimum absolute atomic E-state index is 0.0415. The van der Waals surface area contributed by atoms with Gasteiger partial charge in [-0.15, -0.1) is 0 Å². The molecule has 2 fully saturated rings. The molecule has 1 saturated heterocycles. The number of rotatable bonds is 4. The molecule has 1 atom stereocenters. The number of nitrogens with zero attached hydrogens (tertiary/aromatic N) is 1. The number of piperidine rings is 1. The molecule has 3 rings (SSSR count). The lowest BCUT2D eigenvalue weighted by Gasteiger charge is -2.31. The molecule has 1 aromatic carbocycles.